The number of rotatable bonds is 2. The number of β-amino-alcohol motifs (C(OH)–C–C–N with tert-alkyl or cyclic N) is 1. The standard InChI is InChI=1S/C9H19NO2/c1-7(2)10-4-3-8(6-11)9(12)5-10/h7-9,11-12H,3-6H2,1-2H3/t8-,9-/m0/s1. The predicted molar refractivity (Wildman–Crippen MR) is 47.9 cm³/mol. The van der Waals surface area contributed by atoms with Crippen LogP contribution >= 0.6 is 0 Å². The van der Waals surface area contributed by atoms with E-state index in [1.54, 1.807) is 0 Å². The van der Waals surface area contributed by atoms with E-state index in [9.17, 15) is 5.11 Å². The average Bonchev–Trinajstić information content (AvgIpc) is 2.04. The molecule has 1 heterocycles. The van der Waals surface area contributed by atoms with Crippen molar-refractivity contribution in [3.05, 3.63) is 0 Å². The van der Waals surface area contributed by atoms with Crippen molar-refractivity contribution in [3.8, 4) is 0 Å². The van der Waals surface area contributed by atoms with Crippen molar-refractivity contribution < 1.29 is 10.2 Å². The van der Waals surface area contributed by atoms with Gasteiger partial charge in [-0.25, -0.2) is 0 Å². The topological polar surface area (TPSA) is 43.7 Å². The fraction of sp³-hybridized carbons (Fsp3) is 1.00. The first-order valence-electron chi connectivity index (χ1n) is 4.68. The van der Waals surface area contributed by atoms with Crippen molar-refractivity contribution in [2.45, 2.75) is 32.4 Å². The molecule has 72 valence electrons. The molecule has 0 radical (unpaired) electrons. The molecule has 0 aromatic rings. The minimum atomic E-state index is -0.342. The zero-order valence-electron chi connectivity index (χ0n) is 7.90. The molecule has 3 heteroatoms. The lowest BCUT2D eigenvalue weighted by Crippen LogP contribution is -2.47. The molecule has 1 aliphatic rings. The van der Waals surface area contributed by atoms with Crippen LogP contribution in [0.15, 0.2) is 0 Å². The summed E-state index contributed by atoms with van der Waals surface area (Å²) in [6.07, 6.45) is 0.571. The Morgan fingerprint density at radius 1 is 1.50 bits per heavy atom. The Morgan fingerprint density at radius 2 is 2.17 bits per heavy atom. The van der Waals surface area contributed by atoms with Gasteiger partial charge in [-0.3, -0.25) is 4.90 Å². The lowest BCUT2D eigenvalue weighted by atomic mass is 9.94. The van der Waals surface area contributed by atoms with Crippen LogP contribution in [0.1, 0.15) is 20.3 Å². The van der Waals surface area contributed by atoms with E-state index < -0.39 is 0 Å². The molecule has 2 atom stereocenters. The predicted octanol–water partition coefficient (Wildman–Crippen LogP) is 0.0699. The zero-order chi connectivity index (χ0) is 9.14. The third-order valence-corrected chi connectivity index (χ3v) is 2.72. The number of hydrogen-bond acceptors (Lipinski definition) is 3. The number of likely N-dealkylation sites (tertiary alicyclic amines) is 1. The van der Waals surface area contributed by atoms with Crippen molar-refractivity contribution in [1.82, 2.24) is 4.90 Å². The first kappa shape index (κ1) is 9.96. The summed E-state index contributed by atoms with van der Waals surface area (Å²) >= 11 is 0. The van der Waals surface area contributed by atoms with E-state index >= 15 is 0 Å². The average molecular weight is 173 g/mol. The van der Waals surface area contributed by atoms with Crippen molar-refractivity contribution in [2.24, 2.45) is 5.92 Å². The van der Waals surface area contributed by atoms with Gasteiger partial charge in [0.15, 0.2) is 0 Å². The minimum Gasteiger partial charge on any atom is -0.396 e. The maximum atomic E-state index is 9.59. The van der Waals surface area contributed by atoms with Gasteiger partial charge in [-0.1, -0.05) is 0 Å². The molecule has 3 nitrogen and oxygen atoms in total. The van der Waals surface area contributed by atoms with Gasteiger partial charge in [-0.2, -0.15) is 0 Å². The molecule has 2 N–H and O–H groups in total. The van der Waals surface area contributed by atoms with Crippen molar-refractivity contribution >= 4 is 0 Å². The maximum Gasteiger partial charge on any atom is 0.0717 e. The van der Waals surface area contributed by atoms with Crippen molar-refractivity contribution in [2.75, 3.05) is 19.7 Å². The van der Waals surface area contributed by atoms with Crippen LogP contribution in [0.4, 0.5) is 0 Å². The van der Waals surface area contributed by atoms with Crippen LogP contribution < -0.4 is 0 Å². The van der Waals surface area contributed by atoms with Crippen LogP contribution in [0.2, 0.25) is 0 Å². The Hall–Kier alpha value is -0.120. The molecule has 0 unspecified atom stereocenters. The smallest absolute Gasteiger partial charge is 0.0717 e. The second-order valence-corrected chi connectivity index (χ2v) is 3.89. The van der Waals surface area contributed by atoms with E-state index in [1.807, 2.05) is 0 Å². The summed E-state index contributed by atoms with van der Waals surface area (Å²) in [6.45, 7) is 6.09. The molecule has 1 rings (SSSR count). The molecular weight excluding hydrogens is 154 g/mol. The summed E-state index contributed by atoms with van der Waals surface area (Å²) in [5.41, 5.74) is 0. The normalized spacial score (nSPS) is 32.8. The Balaban J connectivity index is 2.40. The van der Waals surface area contributed by atoms with Gasteiger partial charge in [0.1, 0.15) is 0 Å². The van der Waals surface area contributed by atoms with Crippen LogP contribution in [0.25, 0.3) is 0 Å². The lowest BCUT2D eigenvalue weighted by Gasteiger charge is -2.37. The number of piperidine rings is 1. The van der Waals surface area contributed by atoms with Gasteiger partial charge in [-0.15, -0.1) is 0 Å². The fourth-order valence-corrected chi connectivity index (χ4v) is 1.69. The summed E-state index contributed by atoms with van der Waals surface area (Å²) in [7, 11) is 0. The Kier molecular flexibility index (Phi) is 3.50. The highest BCUT2D eigenvalue weighted by molar-refractivity contribution is 4.80. The second-order valence-electron chi connectivity index (χ2n) is 3.89. The SMILES string of the molecule is CC(C)N1CC[C@@H](CO)[C@@H](O)C1. The highest BCUT2D eigenvalue weighted by Gasteiger charge is 2.27. The zero-order valence-corrected chi connectivity index (χ0v) is 7.90. The Labute approximate surface area is 74.0 Å². The molecule has 12 heavy (non-hydrogen) atoms. The molecule has 0 bridgehead atoms. The maximum absolute atomic E-state index is 9.59. The number of nitrogens with zero attached hydrogens (tertiary/aromatic N) is 1. The summed E-state index contributed by atoms with van der Waals surface area (Å²) in [4.78, 5) is 2.25. The fourth-order valence-electron chi connectivity index (χ4n) is 1.69. The van der Waals surface area contributed by atoms with Crippen LogP contribution in [0.3, 0.4) is 0 Å². The minimum absolute atomic E-state index is 0.0972. The summed E-state index contributed by atoms with van der Waals surface area (Å²) in [5.74, 6) is 0.0972. The first-order chi connectivity index (χ1) is 5.65. The molecule has 0 spiro atoms. The van der Waals surface area contributed by atoms with Gasteiger partial charge < -0.3 is 10.2 Å². The second kappa shape index (κ2) is 4.21. The monoisotopic (exact) mass is 173 g/mol. The Morgan fingerprint density at radius 3 is 2.58 bits per heavy atom. The van der Waals surface area contributed by atoms with E-state index in [0.717, 1.165) is 13.0 Å². The van der Waals surface area contributed by atoms with Crippen molar-refractivity contribution in [3.63, 3.8) is 0 Å². The molecule has 0 aromatic heterocycles. The number of hydrogen-bond donors (Lipinski definition) is 2. The highest BCUT2D eigenvalue weighted by atomic mass is 16.3. The van der Waals surface area contributed by atoms with Gasteiger partial charge in [-0.05, 0) is 26.8 Å². The quantitative estimate of drug-likeness (QED) is 0.621. The van der Waals surface area contributed by atoms with Crippen LogP contribution in [0.5, 0.6) is 0 Å². The third kappa shape index (κ3) is 2.19. The lowest BCUT2D eigenvalue weighted by molar-refractivity contribution is -0.0116. The van der Waals surface area contributed by atoms with Gasteiger partial charge in [0.25, 0.3) is 0 Å². The molecule has 1 saturated heterocycles. The van der Waals surface area contributed by atoms with Crippen molar-refractivity contribution in [1.29, 1.82) is 0 Å². The van der Waals surface area contributed by atoms with Gasteiger partial charge >= 0.3 is 0 Å². The van der Waals surface area contributed by atoms with Gasteiger partial charge in [0.2, 0.25) is 0 Å². The molecule has 1 fully saturated rings. The third-order valence-electron chi connectivity index (χ3n) is 2.72. The molecule has 0 saturated carbocycles. The van der Waals surface area contributed by atoms with E-state index in [4.69, 9.17) is 5.11 Å². The molecule has 0 amide bonds. The van der Waals surface area contributed by atoms with E-state index in [2.05, 4.69) is 18.7 Å². The van der Waals surface area contributed by atoms with Crippen LogP contribution in [-0.4, -0.2) is 47.0 Å². The van der Waals surface area contributed by atoms with E-state index in [-0.39, 0.29) is 18.6 Å². The number of aliphatic hydroxyl groups excluding tert-OH is 2. The van der Waals surface area contributed by atoms with Gasteiger partial charge in [0.05, 0.1) is 6.10 Å². The molecular formula is C9H19NO2. The van der Waals surface area contributed by atoms with Gasteiger partial charge in [0, 0.05) is 25.1 Å². The molecule has 0 aromatic carbocycles. The van der Waals surface area contributed by atoms with E-state index in [0.29, 0.717) is 12.6 Å². The van der Waals surface area contributed by atoms with Crippen LogP contribution in [0, 0.1) is 5.92 Å². The molecule has 0 aliphatic carbocycles. The largest absolute Gasteiger partial charge is 0.396 e. The summed E-state index contributed by atoms with van der Waals surface area (Å²) in [6, 6.07) is 0.499. The molecule has 1 aliphatic heterocycles. The summed E-state index contributed by atoms with van der Waals surface area (Å²) in [5, 5.41) is 18.5. The number of aliphatic hydroxyl groups is 2. The highest BCUT2D eigenvalue weighted by Crippen LogP contribution is 2.18. The van der Waals surface area contributed by atoms with E-state index in [1.165, 1.54) is 0 Å². The first-order valence-corrected chi connectivity index (χ1v) is 4.68. The Bertz CT molecular complexity index is 138. The summed E-state index contributed by atoms with van der Waals surface area (Å²) < 4.78 is 0. The van der Waals surface area contributed by atoms with Crippen LogP contribution in [-0.2, 0) is 0 Å².